The lowest BCUT2D eigenvalue weighted by Gasteiger charge is -2.30. The Labute approximate surface area is 463 Å². The highest BCUT2D eigenvalue weighted by atomic mass is 16.2. The molecule has 1 aromatic heterocycles. The third-order valence-electron chi connectivity index (χ3n) is 14.3. The number of nitrogens with zero attached hydrogens (tertiary/aromatic N) is 1. The highest BCUT2D eigenvalue weighted by Gasteiger charge is 2.38. The van der Waals surface area contributed by atoms with E-state index in [4.69, 9.17) is 17.2 Å². The summed E-state index contributed by atoms with van der Waals surface area (Å²) in [5, 5.41) is 26.8. The summed E-state index contributed by atoms with van der Waals surface area (Å²) in [4.78, 5) is 147. The maximum absolute atomic E-state index is 14.9. The number of para-hydroxylation sites is 1. The first-order valence-corrected chi connectivity index (χ1v) is 27.2. The summed E-state index contributed by atoms with van der Waals surface area (Å²) in [7, 11) is 0. The van der Waals surface area contributed by atoms with Gasteiger partial charge in [-0.1, -0.05) is 101 Å². The number of aromatic nitrogens is 1. The van der Waals surface area contributed by atoms with Gasteiger partial charge in [-0.25, -0.2) is 0 Å². The normalized spacial score (nSPS) is 21.0. The van der Waals surface area contributed by atoms with E-state index in [9.17, 15) is 47.9 Å². The Morgan fingerprint density at radius 2 is 1.29 bits per heavy atom. The first-order chi connectivity index (χ1) is 38.2. The number of primary amides is 1. The van der Waals surface area contributed by atoms with Crippen LogP contribution in [0.2, 0.25) is 0 Å². The Kier molecular flexibility index (Phi) is 21.9. The topological polar surface area (TPSA) is 385 Å². The van der Waals surface area contributed by atoms with Gasteiger partial charge in [0.2, 0.25) is 59.1 Å². The van der Waals surface area contributed by atoms with Gasteiger partial charge in [0.25, 0.3) is 0 Å². The smallest absolute Gasteiger partial charge is 0.243 e. The molecule has 0 spiro atoms. The zero-order chi connectivity index (χ0) is 58.0. The molecule has 1 saturated carbocycles. The average molecular weight is 1110 g/mol. The van der Waals surface area contributed by atoms with Crippen LogP contribution in [0.3, 0.4) is 0 Å². The number of benzene rings is 3. The summed E-state index contributed by atoms with van der Waals surface area (Å²) in [5.41, 5.74) is 18.5. The molecule has 6 rings (SSSR count). The Balaban J connectivity index is 1.38. The van der Waals surface area contributed by atoms with Gasteiger partial charge in [0.15, 0.2) is 5.96 Å². The van der Waals surface area contributed by atoms with Crippen LogP contribution in [-0.2, 0) is 60.8 Å². The summed E-state index contributed by atoms with van der Waals surface area (Å²) >= 11 is 0. The van der Waals surface area contributed by atoms with Crippen molar-refractivity contribution in [2.45, 2.75) is 134 Å². The fraction of sp³-hybridized carbons (Fsp3) is 0.482. The van der Waals surface area contributed by atoms with E-state index in [1.807, 2.05) is 60.7 Å². The quantitative estimate of drug-likeness (QED) is 0.0343. The zero-order valence-corrected chi connectivity index (χ0v) is 45.7. The van der Waals surface area contributed by atoms with Gasteiger partial charge in [0.1, 0.15) is 42.3 Å². The molecule has 2 aliphatic rings. The van der Waals surface area contributed by atoms with E-state index in [1.54, 1.807) is 40.0 Å². The van der Waals surface area contributed by atoms with Crippen LogP contribution in [0.4, 0.5) is 0 Å². The van der Waals surface area contributed by atoms with Crippen LogP contribution < -0.4 is 65.1 Å². The standard InChI is InChI=1S/C56H76N14O10/c1-30(2)46(53(78)63-28-43(57)71)70-54(79)47(31(3)4)69-50(75)40-21-22-44(72)62-29-45(73)68-48(34-13-6-7-14-34)55(80)67-41(25-32-19-20-33-12-5-8-15-35(33)24-32)51(76)64-39(18-11-23-60-56(58)59)49(74)66-42(52(77)65-40)26-36-27-61-38-17-10-9-16-37(36)38/h5,8-10,12,15-17,19-20,24,27,30-31,34,39-42,46-48,61H,6-7,11,13-14,18,21-23,25-26,28-29H2,1-4H3,(H2,57,71)(H,62,72)(H,63,78)(H,64,76)(H,65,77)(H,66,74)(H,67,80)(H,68,73)(H,69,75)(H,70,79)(H4,58,59,60)/t39-,40-,41+,42-,46-,47-,48-/m0/s1. The molecule has 0 bridgehead atoms. The molecule has 1 aliphatic carbocycles. The van der Waals surface area contributed by atoms with Crippen LogP contribution in [0.25, 0.3) is 21.7 Å². The van der Waals surface area contributed by atoms with Crippen molar-refractivity contribution in [3.8, 4) is 0 Å². The monoisotopic (exact) mass is 1100 g/mol. The molecule has 2 fully saturated rings. The predicted octanol–water partition coefficient (Wildman–Crippen LogP) is -0.433. The molecule has 4 aromatic rings. The van der Waals surface area contributed by atoms with E-state index in [2.05, 4.69) is 57.8 Å². The minimum atomic E-state index is -1.56. The second-order valence-corrected chi connectivity index (χ2v) is 21.2. The molecule has 0 radical (unpaired) electrons. The van der Waals surface area contributed by atoms with Gasteiger partial charge in [-0.3, -0.25) is 52.9 Å². The lowest BCUT2D eigenvalue weighted by molar-refractivity contribution is -0.137. The van der Waals surface area contributed by atoms with Gasteiger partial charge in [-0.15, -0.1) is 0 Å². The minimum Gasteiger partial charge on any atom is -0.370 e. The molecular weight excluding hydrogens is 1030 g/mol. The van der Waals surface area contributed by atoms with E-state index < -0.39 is 133 Å². The van der Waals surface area contributed by atoms with E-state index in [0.717, 1.165) is 34.5 Å². The molecular formula is C56H76N14O10. The molecule has 24 nitrogen and oxygen atoms in total. The van der Waals surface area contributed by atoms with Crippen molar-refractivity contribution in [3.63, 3.8) is 0 Å². The molecule has 0 unspecified atom stereocenters. The number of amides is 10. The third-order valence-corrected chi connectivity index (χ3v) is 14.3. The zero-order valence-electron chi connectivity index (χ0n) is 45.7. The first kappa shape index (κ1) is 60.7. The van der Waals surface area contributed by atoms with Crippen molar-refractivity contribution in [2.75, 3.05) is 19.6 Å². The van der Waals surface area contributed by atoms with Crippen LogP contribution in [-0.4, -0.2) is 132 Å². The molecule has 1 aliphatic heterocycles. The number of hydrogen-bond acceptors (Lipinski definition) is 11. The molecule has 7 atom stereocenters. The summed E-state index contributed by atoms with van der Waals surface area (Å²) < 4.78 is 0. The molecule has 1 saturated heterocycles. The van der Waals surface area contributed by atoms with Gasteiger partial charge in [0, 0.05) is 42.9 Å². The molecule has 24 heteroatoms. The summed E-state index contributed by atoms with van der Waals surface area (Å²) in [5.74, 6) is -9.31. The summed E-state index contributed by atoms with van der Waals surface area (Å²) in [6.07, 6.45) is 3.55. The van der Waals surface area contributed by atoms with Crippen molar-refractivity contribution < 1.29 is 47.9 Å². The molecule has 3 aromatic carbocycles. The fourth-order valence-electron chi connectivity index (χ4n) is 9.97. The van der Waals surface area contributed by atoms with Crippen molar-refractivity contribution in [1.82, 2.24) is 52.8 Å². The van der Waals surface area contributed by atoms with Gasteiger partial charge >= 0.3 is 0 Å². The predicted molar refractivity (Wildman–Crippen MR) is 299 cm³/mol. The lowest BCUT2D eigenvalue weighted by Crippen LogP contribution is -2.61. The largest absolute Gasteiger partial charge is 0.370 e. The maximum atomic E-state index is 14.9. The number of guanidine groups is 1. The number of hydrogen-bond donors (Lipinski definition) is 13. The summed E-state index contributed by atoms with van der Waals surface area (Å²) in [6.45, 7) is 5.61. The van der Waals surface area contributed by atoms with Gasteiger partial charge in [0.05, 0.1) is 13.1 Å². The van der Waals surface area contributed by atoms with E-state index in [0.29, 0.717) is 24.0 Å². The Bertz CT molecular complexity index is 2930. The van der Waals surface area contributed by atoms with Crippen molar-refractivity contribution in [2.24, 2.45) is 39.9 Å². The molecule has 80 heavy (non-hydrogen) atoms. The number of carbonyl (C=O) groups is 10. The number of fused-ring (bicyclic) bond motifs is 2. The third kappa shape index (κ3) is 17.5. The number of aliphatic imine (C=N–C) groups is 1. The lowest BCUT2D eigenvalue weighted by atomic mass is 9.95. The number of nitrogens with two attached hydrogens (primary N) is 3. The van der Waals surface area contributed by atoms with Crippen LogP contribution in [0, 0.1) is 17.8 Å². The summed E-state index contributed by atoms with van der Waals surface area (Å²) in [6, 6.07) is 11.2. The van der Waals surface area contributed by atoms with Gasteiger partial charge in [-0.2, -0.15) is 0 Å². The van der Waals surface area contributed by atoms with Crippen LogP contribution >= 0.6 is 0 Å². The molecule has 16 N–H and O–H groups in total. The average Bonchev–Trinajstić information content (AvgIpc) is 4.15. The van der Waals surface area contributed by atoms with Crippen molar-refractivity contribution in [1.29, 1.82) is 0 Å². The first-order valence-electron chi connectivity index (χ1n) is 27.2. The number of nitrogens with one attached hydrogen (secondary N) is 10. The maximum Gasteiger partial charge on any atom is 0.243 e. The van der Waals surface area contributed by atoms with Crippen LogP contribution in [0.15, 0.2) is 77.9 Å². The van der Waals surface area contributed by atoms with E-state index >= 15 is 0 Å². The molecule has 10 amide bonds. The highest BCUT2D eigenvalue weighted by molar-refractivity contribution is 5.99. The van der Waals surface area contributed by atoms with Crippen molar-refractivity contribution in [3.05, 3.63) is 84.1 Å². The van der Waals surface area contributed by atoms with Gasteiger partial charge in [-0.05, 0) is 77.8 Å². The second-order valence-electron chi connectivity index (χ2n) is 21.2. The number of aromatic amines is 1. The Morgan fingerprint density at radius 3 is 1.99 bits per heavy atom. The SMILES string of the molecule is CC(C)[C@H](NC(=O)[C@@H]1CCC(=O)NCC(=O)N[C@@H](C2CCCC2)C(=O)N[C@H](Cc2ccc3ccccc3c2)C(=O)N[C@@H](CCCN=C(N)N)C(=O)N[C@@H](Cc2c[nH]c3ccccc23)C(=O)N1)C(=O)N[C@H](C(=O)NCC(N)=O)C(C)C. The van der Waals surface area contributed by atoms with E-state index in [-0.39, 0.29) is 50.5 Å². The number of H-pyrrole nitrogens is 1. The fourth-order valence-corrected chi connectivity index (χ4v) is 9.97. The second kappa shape index (κ2) is 28.9. The Hall–Kier alpha value is -8.57. The van der Waals surface area contributed by atoms with Gasteiger partial charge < -0.3 is 70.0 Å². The Morgan fingerprint density at radius 1 is 0.662 bits per heavy atom. The molecule has 2 heterocycles. The van der Waals surface area contributed by atoms with Crippen molar-refractivity contribution >= 4 is 86.7 Å². The molecule has 430 valence electrons. The van der Waals surface area contributed by atoms with E-state index in [1.165, 1.54) is 0 Å². The minimum absolute atomic E-state index is 0.0366. The van der Waals surface area contributed by atoms with Crippen LogP contribution in [0.1, 0.15) is 90.2 Å². The number of rotatable bonds is 18. The number of carbonyl (C=O) groups excluding carboxylic acids is 10. The van der Waals surface area contributed by atoms with Crippen LogP contribution in [0.5, 0.6) is 0 Å². The highest BCUT2D eigenvalue weighted by Crippen LogP contribution is 2.28.